The van der Waals surface area contributed by atoms with E-state index in [4.69, 9.17) is 0 Å². The minimum Gasteiger partial charge on any atom is -0.372 e. The molecule has 1 aliphatic heterocycles. The van der Waals surface area contributed by atoms with Gasteiger partial charge in [-0.05, 0) is 43.2 Å². The van der Waals surface area contributed by atoms with Gasteiger partial charge in [-0.1, -0.05) is 12.1 Å². The molecule has 31 heavy (non-hydrogen) atoms. The molecule has 2 aromatic rings. The molecule has 0 aliphatic carbocycles. The number of anilines is 1. The van der Waals surface area contributed by atoms with Crippen molar-refractivity contribution in [3.8, 4) is 0 Å². The van der Waals surface area contributed by atoms with Crippen LogP contribution in [-0.4, -0.2) is 68.7 Å². The highest BCUT2D eigenvalue weighted by molar-refractivity contribution is 7.89. The molecule has 1 heterocycles. The highest BCUT2D eigenvalue weighted by Crippen LogP contribution is 2.29. The van der Waals surface area contributed by atoms with E-state index in [1.165, 1.54) is 15.3 Å². The van der Waals surface area contributed by atoms with E-state index in [1.807, 2.05) is 13.0 Å². The number of amides is 1. The Labute approximate surface area is 182 Å². The third kappa shape index (κ3) is 4.54. The van der Waals surface area contributed by atoms with E-state index in [9.17, 15) is 23.3 Å². The third-order valence-electron chi connectivity index (χ3n) is 5.39. The molecule has 1 fully saturated rings. The van der Waals surface area contributed by atoms with Gasteiger partial charge in [0.25, 0.3) is 11.6 Å². The van der Waals surface area contributed by atoms with Crippen molar-refractivity contribution in [2.45, 2.75) is 18.7 Å². The molecule has 9 nitrogen and oxygen atoms in total. The first kappa shape index (κ1) is 22.7. The number of sulfonamides is 1. The first-order valence-corrected chi connectivity index (χ1v) is 11.3. The smallest absolute Gasteiger partial charge is 0.293 e. The van der Waals surface area contributed by atoms with Crippen molar-refractivity contribution >= 4 is 27.3 Å². The molecule has 0 unspecified atom stereocenters. The van der Waals surface area contributed by atoms with Gasteiger partial charge >= 0.3 is 0 Å². The molecular formula is C21H26N4O5S. The van der Waals surface area contributed by atoms with Crippen molar-refractivity contribution in [3.05, 3.63) is 63.2 Å². The molecule has 0 aromatic heterocycles. The molecule has 10 heteroatoms. The molecule has 1 amide bonds. The van der Waals surface area contributed by atoms with Crippen LogP contribution in [0.5, 0.6) is 0 Å². The summed E-state index contributed by atoms with van der Waals surface area (Å²) in [5.41, 5.74) is 2.01. The van der Waals surface area contributed by atoms with E-state index in [2.05, 4.69) is 0 Å². The Hall–Kier alpha value is -2.98. The molecule has 0 atom stereocenters. The second-order valence-electron chi connectivity index (χ2n) is 7.82. The predicted molar refractivity (Wildman–Crippen MR) is 118 cm³/mol. The minimum absolute atomic E-state index is 0.146. The van der Waals surface area contributed by atoms with Gasteiger partial charge in [0.1, 0.15) is 5.69 Å². The number of carbonyl (C=O) groups is 1. The quantitative estimate of drug-likeness (QED) is 0.516. The first-order chi connectivity index (χ1) is 14.5. The normalized spacial score (nSPS) is 15.0. The van der Waals surface area contributed by atoms with Crippen LogP contribution in [0.3, 0.4) is 0 Å². The van der Waals surface area contributed by atoms with E-state index < -0.39 is 14.9 Å². The molecule has 0 bridgehead atoms. The maximum Gasteiger partial charge on any atom is 0.293 e. The number of nitro groups is 1. The average molecular weight is 447 g/mol. The van der Waals surface area contributed by atoms with Crippen LogP contribution in [0.15, 0.2) is 41.3 Å². The highest BCUT2D eigenvalue weighted by Gasteiger charge is 2.32. The monoisotopic (exact) mass is 446 g/mol. The number of hydrogen-bond donors (Lipinski definition) is 0. The van der Waals surface area contributed by atoms with Gasteiger partial charge in [-0.15, -0.1) is 0 Å². The average Bonchev–Trinajstić information content (AvgIpc) is 2.74. The van der Waals surface area contributed by atoms with Gasteiger partial charge in [-0.2, -0.15) is 4.31 Å². The zero-order valence-electron chi connectivity index (χ0n) is 18.0. The molecule has 1 saturated heterocycles. The Morgan fingerprint density at radius 2 is 1.68 bits per heavy atom. The van der Waals surface area contributed by atoms with Crippen molar-refractivity contribution in [1.29, 1.82) is 0 Å². The van der Waals surface area contributed by atoms with Crippen molar-refractivity contribution < 1.29 is 18.1 Å². The molecule has 166 valence electrons. The summed E-state index contributed by atoms with van der Waals surface area (Å²) < 4.78 is 27.5. The lowest BCUT2D eigenvalue weighted by Crippen LogP contribution is -2.50. The number of aryl methyl sites for hydroxylation is 2. The minimum atomic E-state index is -3.66. The van der Waals surface area contributed by atoms with E-state index in [0.29, 0.717) is 11.3 Å². The standard InChI is InChI=1S/C21H26N4O5S/c1-15-5-6-16(2)20(13-15)31(29,30)24-11-9-23(10-12-24)21(26)17-7-8-18(22(3)4)19(14-17)25(27)28/h5-8,13-14H,9-12H2,1-4H3. The summed E-state index contributed by atoms with van der Waals surface area (Å²) in [6.45, 7) is 4.36. The number of nitro benzene ring substituents is 1. The molecular weight excluding hydrogens is 420 g/mol. The van der Waals surface area contributed by atoms with Crippen LogP contribution in [0.1, 0.15) is 21.5 Å². The number of piperazine rings is 1. The lowest BCUT2D eigenvalue weighted by Gasteiger charge is -2.34. The lowest BCUT2D eigenvalue weighted by molar-refractivity contribution is -0.384. The van der Waals surface area contributed by atoms with Crippen LogP contribution in [0.2, 0.25) is 0 Å². The first-order valence-electron chi connectivity index (χ1n) is 9.85. The number of nitrogens with zero attached hydrogens (tertiary/aromatic N) is 4. The van der Waals surface area contributed by atoms with Crippen molar-refractivity contribution in [2.75, 3.05) is 45.2 Å². The van der Waals surface area contributed by atoms with Crippen LogP contribution < -0.4 is 4.90 Å². The van der Waals surface area contributed by atoms with Crippen molar-refractivity contribution in [1.82, 2.24) is 9.21 Å². The Morgan fingerprint density at radius 3 is 2.26 bits per heavy atom. The molecule has 1 aliphatic rings. The number of carbonyl (C=O) groups excluding carboxylic acids is 1. The maximum absolute atomic E-state index is 13.1. The zero-order chi connectivity index (χ0) is 22.9. The van der Waals surface area contributed by atoms with Crippen LogP contribution in [-0.2, 0) is 10.0 Å². The van der Waals surface area contributed by atoms with Crippen LogP contribution >= 0.6 is 0 Å². The lowest BCUT2D eigenvalue weighted by atomic mass is 10.1. The Balaban J connectivity index is 1.76. The van der Waals surface area contributed by atoms with E-state index >= 15 is 0 Å². The largest absolute Gasteiger partial charge is 0.372 e. The third-order valence-corrected chi connectivity index (χ3v) is 7.43. The van der Waals surface area contributed by atoms with Crippen LogP contribution in [0.4, 0.5) is 11.4 Å². The zero-order valence-corrected chi connectivity index (χ0v) is 18.8. The Morgan fingerprint density at radius 1 is 1.03 bits per heavy atom. The number of rotatable bonds is 5. The summed E-state index contributed by atoms with van der Waals surface area (Å²) >= 11 is 0. The van der Waals surface area contributed by atoms with Gasteiger partial charge in [-0.25, -0.2) is 8.42 Å². The van der Waals surface area contributed by atoms with Gasteiger partial charge in [0.05, 0.1) is 9.82 Å². The van der Waals surface area contributed by atoms with E-state index in [-0.39, 0.29) is 48.2 Å². The van der Waals surface area contributed by atoms with E-state index in [1.54, 1.807) is 50.2 Å². The molecule has 0 N–H and O–H groups in total. The number of benzene rings is 2. The molecule has 0 saturated carbocycles. The summed E-state index contributed by atoms with van der Waals surface area (Å²) in [4.78, 5) is 27.2. The van der Waals surface area contributed by atoms with Gasteiger partial charge < -0.3 is 9.80 Å². The van der Waals surface area contributed by atoms with Crippen molar-refractivity contribution in [2.24, 2.45) is 0 Å². The van der Waals surface area contributed by atoms with Crippen LogP contribution in [0.25, 0.3) is 0 Å². The highest BCUT2D eigenvalue weighted by atomic mass is 32.2. The second-order valence-corrected chi connectivity index (χ2v) is 9.73. The van der Waals surface area contributed by atoms with Gasteiger partial charge in [-0.3, -0.25) is 14.9 Å². The fourth-order valence-electron chi connectivity index (χ4n) is 3.62. The fraction of sp³-hybridized carbons (Fsp3) is 0.381. The topological polar surface area (TPSA) is 104 Å². The molecule has 3 rings (SSSR count). The molecule has 0 spiro atoms. The Bertz CT molecular complexity index is 1120. The summed E-state index contributed by atoms with van der Waals surface area (Å²) in [6, 6.07) is 9.69. The summed E-state index contributed by atoms with van der Waals surface area (Å²) in [7, 11) is -0.274. The van der Waals surface area contributed by atoms with Crippen molar-refractivity contribution in [3.63, 3.8) is 0 Å². The SMILES string of the molecule is Cc1ccc(C)c(S(=O)(=O)N2CCN(C(=O)c3ccc(N(C)C)c([N+](=O)[O-])c3)CC2)c1. The van der Waals surface area contributed by atoms with Gasteiger partial charge in [0.2, 0.25) is 10.0 Å². The van der Waals surface area contributed by atoms with Crippen LogP contribution in [0, 0.1) is 24.0 Å². The maximum atomic E-state index is 13.1. The fourth-order valence-corrected chi connectivity index (χ4v) is 5.35. The number of hydrogen-bond acceptors (Lipinski definition) is 6. The van der Waals surface area contributed by atoms with E-state index in [0.717, 1.165) is 5.56 Å². The molecule has 2 aromatic carbocycles. The molecule has 0 radical (unpaired) electrons. The Kier molecular flexibility index (Phi) is 6.33. The summed E-state index contributed by atoms with van der Waals surface area (Å²) in [6.07, 6.45) is 0. The summed E-state index contributed by atoms with van der Waals surface area (Å²) in [5, 5.41) is 11.4. The van der Waals surface area contributed by atoms with Gasteiger partial charge in [0, 0.05) is 51.9 Å². The van der Waals surface area contributed by atoms with Gasteiger partial charge in [0.15, 0.2) is 0 Å². The predicted octanol–water partition coefficient (Wildman–Crippen LogP) is 2.42. The summed E-state index contributed by atoms with van der Waals surface area (Å²) in [5.74, 6) is -0.350. The second kappa shape index (κ2) is 8.64.